The van der Waals surface area contributed by atoms with Gasteiger partial charge in [-0.05, 0) is 57.7 Å². The van der Waals surface area contributed by atoms with Crippen molar-refractivity contribution >= 4 is 27.5 Å². The zero-order valence-corrected chi connectivity index (χ0v) is 15.9. The summed E-state index contributed by atoms with van der Waals surface area (Å²) in [6.07, 6.45) is 2.60. The molecule has 1 rings (SSSR count). The number of carbonyl (C=O) groups excluding carboxylic acids is 1. The topological polar surface area (TPSA) is 38.3 Å². The van der Waals surface area contributed by atoms with Crippen LogP contribution in [0, 0.1) is 5.92 Å². The molecule has 0 bridgehead atoms. The average Bonchev–Trinajstić information content (AvgIpc) is 2.41. The summed E-state index contributed by atoms with van der Waals surface area (Å²) in [7, 11) is 0. The van der Waals surface area contributed by atoms with E-state index in [0.717, 1.165) is 30.7 Å². The van der Waals surface area contributed by atoms with Crippen molar-refractivity contribution in [2.45, 2.75) is 58.2 Å². The lowest BCUT2D eigenvalue weighted by atomic mass is 10.0. The third kappa shape index (κ3) is 5.99. The first-order chi connectivity index (χ1) is 10.3. The summed E-state index contributed by atoms with van der Waals surface area (Å²) < 4.78 is 5.75. The van der Waals surface area contributed by atoms with Crippen LogP contribution in [0.25, 0.3) is 0 Å². The van der Waals surface area contributed by atoms with Gasteiger partial charge in [-0.15, -0.1) is 0 Å². The third-order valence-electron chi connectivity index (χ3n) is 3.58. The van der Waals surface area contributed by atoms with Gasteiger partial charge in [0.05, 0.1) is 12.3 Å². The zero-order valence-electron chi connectivity index (χ0n) is 14.3. The van der Waals surface area contributed by atoms with Crippen molar-refractivity contribution in [1.82, 2.24) is 0 Å². The molecule has 0 atom stereocenters. The van der Waals surface area contributed by atoms with Gasteiger partial charge in [0, 0.05) is 10.2 Å². The first-order valence-electron chi connectivity index (χ1n) is 8.06. The summed E-state index contributed by atoms with van der Waals surface area (Å²) in [4.78, 5) is 12.3. The van der Waals surface area contributed by atoms with Gasteiger partial charge in [-0.3, -0.25) is 4.79 Å². The maximum absolute atomic E-state index is 12.3. The van der Waals surface area contributed by atoms with Crippen LogP contribution in [0.5, 0.6) is 5.75 Å². The normalized spacial score (nSPS) is 11.6. The lowest BCUT2D eigenvalue weighted by Gasteiger charge is -2.19. The van der Waals surface area contributed by atoms with E-state index in [2.05, 4.69) is 35.1 Å². The molecule has 3 nitrogen and oxygen atoms in total. The number of ether oxygens (including phenoxy) is 1. The zero-order chi connectivity index (χ0) is 16.8. The van der Waals surface area contributed by atoms with Gasteiger partial charge in [0.15, 0.2) is 0 Å². The number of amides is 1. The number of alkyl halides is 1. The molecule has 0 spiro atoms. The highest BCUT2D eigenvalue weighted by Crippen LogP contribution is 2.30. The maximum Gasteiger partial charge on any atom is 0.227 e. The molecule has 0 unspecified atom stereocenters. The van der Waals surface area contributed by atoms with Crippen molar-refractivity contribution in [3.05, 3.63) is 23.8 Å². The second-order valence-electron chi connectivity index (χ2n) is 6.16. The van der Waals surface area contributed by atoms with Crippen LogP contribution in [0.4, 0.5) is 5.69 Å². The molecule has 0 saturated carbocycles. The molecule has 0 saturated heterocycles. The standard InChI is InChI=1S/C18H28BrNO2/c1-6-14(7-2)17(21)20-15-10-9-13(12-18(4,5)19)11-16(15)22-8-3/h9-11,14H,6-8,12H2,1-5H3,(H,20,21). The molecular formula is C18H28BrNO2. The van der Waals surface area contributed by atoms with Crippen LogP contribution in [-0.4, -0.2) is 16.8 Å². The first-order valence-corrected chi connectivity index (χ1v) is 8.85. The molecule has 0 heterocycles. The van der Waals surface area contributed by atoms with Crippen LogP contribution in [0.3, 0.4) is 0 Å². The van der Waals surface area contributed by atoms with E-state index in [1.807, 2.05) is 39.0 Å². The van der Waals surface area contributed by atoms with Gasteiger partial charge in [0.25, 0.3) is 0 Å². The quantitative estimate of drug-likeness (QED) is 0.641. The molecule has 0 aliphatic carbocycles. The molecule has 1 aromatic rings. The van der Waals surface area contributed by atoms with Crippen molar-refractivity contribution in [2.75, 3.05) is 11.9 Å². The first kappa shape index (κ1) is 19.0. The van der Waals surface area contributed by atoms with Crippen LogP contribution in [0.1, 0.15) is 53.0 Å². The van der Waals surface area contributed by atoms with Gasteiger partial charge in [-0.1, -0.05) is 35.8 Å². The molecule has 4 heteroatoms. The number of rotatable bonds is 8. The lowest BCUT2D eigenvalue weighted by molar-refractivity contribution is -0.120. The number of anilines is 1. The van der Waals surface area contributed by atoms with Crippen LogP contribution in [0.2, 0.25) is 0 Å². The Bertz CT molecular complexity index is 490. The van der Waals surface area contributed by atoms with E-state index < -0.39 is 0 Å². The van der Waals surface area contributed by atoms with Crippen molar-refractivity contribution in [1.29, 1.82) is 0 Å². The Morgan fingerprint density at radius 1 is 1.27 bits per heavy atom. The van der Waals surface area contributed by atoms with Crippen molar-refractivity contribution in [3.8, 4) is 5.75 Å². The number of benzene rings is 1. The Morgan fingerprint density at radius 2 is 1.91 bits per heavy atom. The minimum absolute atomic E-state index is 0.0385. The average molecular weight is 370 g/mol. The monoisotopic (exact) mass is 369 g/mol. The molecule has 0 aliphatic heterocycles. The van der Waals surface area contributed by atoms with Crippen LogP contribution >= 0.6 is 15.9 Å². The smallest absolute Gasteiger partial charge is 0.227 e. The summed E-state index contributed by atoms with van der Waals surface area (Å²) >= 11 is 3.66. The summed E-state index contributed by atoms with van der Waals surface area (Å²) in [6, 6.07) is 6.02. The highest BCUT2D eigenvalue weighted by molar-refractivity contribution is 9.10. The minimum Gasteiger partial charge on any atom is -0.492 e. The Morgan fingerprint density at radius 3 is 2.41 bits per heavy atom. The Balaban J connectivity index is 2.97. The lowest BCUT2D eigenvalue weighted by Crippen LogP contribution is -2.22. The molecule has 22 heavy (non-hydrogen) atoms. The molecule has 0 fully saturated rings. The summed E-state index contributed by atoms with van der Waals surface area (Å²) in [6.45, 7) is 10.9. The summed E-state index contributed by atoms with van der Waals surface area (Å²) in [5.41, 5.74) is 1.95. The summed E-state index contributed by atoms with van der Waals surface area (Å²) in [5, 5.41) is 3.01. The fraction of sp³-hybridized carbons (Fsp3) is 0.611. The van der Waals surface area contributed by atoms with Crippen LogP contribution in [0.15, 0.2) is 18.2 Å². The molecule has 1 aromatic carbocycles. The fourth-order valence-corrected chi connectivity index (χ4v) is 2.76. The van der Waals surface area contributed by atoms with E-state index >= 15 is 0 Å². The maximum atomic E-state index is 12.3. The second kappa shape index (κ2) is 8.56. The van der Waals surface area contributed by atoms with Gasteiger partial charge < -0.3 is 10.1 Å². The third-order valence-corrected chi connectivity index (χ3v) is 3.86. The number of nitrogens with one attached hydrogen (secondary N) is 1. The van der Waals surface area contributed by atoms with Gasteiger partial charge in [0.2, 0.25) is 5.91 Å². The van der Waals surface area contributed by atoms with E-state index in [4.69, 9.17) is 4.74 Å². The van der Waals surface area contributed by atoms with Gasteiger partial charge in [-0.2, -0.15) is 0 Å². The highest BCUT2D eigenvalue weighted by Gasteiger charge is 2.18. The summed E-state index contributed by atoms with van der Waals surface area (Å²) in [5.74, 6) is 0.867. The number of halogens is 1. The molecule has 0 aliphatic rings. The van der Waals surface area contributed by atoms with Crippen LogP contribution in [-0.2, 0) is 11.2 Å². The van der Waals surface area contributed by atoms with E-state index in [9.17, 15) is 4.79 Å². The van der Waals surface area contributed by atoms with Crippen molar-refractivity contribution in [3.63, 3.8) is 0 Å². The molecular weight excluding hydrogens is 342 g/mol. The van der Waals surface area contributed by atoms with E-state index in [0.29, 0.717) is 6.61 Å². The van der Waals surface area contributed by atoms with Gasteiger partial charge in [0.1, 0.15) is 5.75 Å². The largest absolute Gasteiger partial charge is 0.492 e. The van der Waals surface area contributed by atoms with Gasteiger partial charge in [-0.25, -0.2) is 0 Å². The Kier molecular flexibility index (Phi) is 7.40. The van der Waals surface area contributed by atoms with Crippen molar-refractivity contribution < 1.29 is 9.53 Å². The molecule has 0 radical (unpaired) electrons. The SMILES string of the molecule is CCOc1cc(CC(C)(C)Br)ccc1NC(=O)C(CC)CC. The number of hydrogen-bond donors (Lipinski definition) is 1. The Hall–Kier alpha value is -1.03. The van der Waals surface area contributed by atoms with E-state index in [1.165, 1.54) is 5.56 Å². The molecule has 124 valence electrons. The fourth-order valence-electron chi connectivity index (χ4n) is 2.43. The molecule has 1 N–H and O–H groups in total. The predicted molar refractivity (Wildman–Crippen MR) is 97.0 cm³/mol. The van der Waals surface area contributed by atoms with Crippen molar-refractivity contribution in [2.24, 2.45) is 5.92 Å². The molecule has 0 aromatic heterocycles. The Labute approximate surface area is 143 Å². The van der Waals surface area contributed by atoms with E-state index in [1.54, 1.807) is 0 Å². The van der Waals surface area contributed by atoms with E-state index in [-0.39, 0.29) is 16.1 Å². The predicted octanol–water partition coefficient (Wildman–Crippen LogP) is 5.18. The number of hydrogen-bond acceptors (Lipinski definition) is 2. The minimum atomic E-state index is 0.0385. The van der Waals surface area contributed by atoms with Gasteiger partial charge >= 0.3 is 0 Å². The number of carbonyl (C=O) groups is 1. The molecule has 1 amide bonds. The highest BCUT2D eigenvalue weighted by atomic mass is 79.9. The van der Waals surface area contributed by atoms with Crippen LogP contribution < -0.4 is 10.1 Å². The second-order valence-corrected chi connectivity index (χ2v) is 8.31.